The number of nitrogens with zero attached hydrogens (tertiary/aromatic N) is 3. The fourth-order valence-corrected chi connectivity index (χ4v) is 3.58. The van der Waals surface area contributed by atoms with E-state index in [4.69, 9.17) is 16.3 Å². The normalized spacial score (nSPS) is 18.4. The lowest BCUT2D eigenvalue weighted by Crippen LogP contribution is -2.44. The molecule has 0 aliphatic carbocycles. The summed E-state index contributed by atoms with van der Waals surface area (Å²) in [5.41, 5.74) is 0. The molecule has 1 fully saturated rings. The van der Waals surface area contributed by atoms with Crippen molar-refractivity contribution in [3.63, 3.8) is 0 Å². The van der Waals surface area contributed by atoms with Crippen LogP contribution in [0.2, 0.25) is 5.02 Å². The maximum atomic E-state index is 6.01. The van der Waals surface area contributed by atoms with Crippen LogP contribution in [0.1, 0.15) is 27.2 Å². The second-order valence-corrected chi connectivity index (χ2v) is 7.34. The number of ether oxygens (including phenoxy) is 1. The molecule has 27 heavy (non-hydrogen) atoms. The molecule has 0 bridgehead atoms. The Hall–Kier alpha value is -0.730. The third-order valence-corrected chi connectivity index (χ3v) is 5.12. The van der Waals surface area contributed by atoms with Crippen LogP contribution in [0.5, 0.6) is 5.75 Å². The lowest BCUT2D eigenvalue weighted by Gasteiger charge is -2.25. The standard InChI is InChI=1S/C20H33ClN4O.HI/c1-5-24(6-2)14-17-10-11-25(15-17)20(22-4)23-13-16(3)26-19-9-7-8-18(21)12-19;/h7-9,12,16-17H,5-6,10-11,13-15H2,1-4H3,(H,22,23);1H. The first-order valence-corrected chi connectivity index (χ1v) is 10.0. The van der Waals surface area contributed by atoms with Crippen molar-refractivity contribution in [1.82, 2.24) is 15.1 Å². The van der Waals surface area contributed by atoms with E-state index in [1.54, 1.807) is 0 Å². The smallest absolute Gasteiger partial charge is 0.193 e. The first-order valence-electron chi connectivity index (χ1n) is 9.65. The van der Waals surface area contributed by atoms with E-state index in [2.05, 4.69) is 34.0 Å². The molecule has 1 aliphatic heterocycles. The second kappa shape index (κ2) is 12.7. The van der Waals surface area contributed by atoms with Gasteiger partial charge in [-0.2, -0.15) is 0 Å². The van der Waals surface area contributed by atoms with Gasteiger partial charge in [-0.15, -0.1) is 24.0 Å². The number of aliphatic imine (C=N–C) groups is 1. The molecule has 1 aliphatic rings. The minimum atomic E-state index is 0. The molecule has 7 heteroatoms. The molecular formula is C20H34ClIN4O. The van der Waals surface area contributed by atoms with Crippen LogP contribution in [0.25, 0.3) is 0 Å². The highest BCUT2D eigenvalue weighted by Crippen LogP contribution is 2.19. The minimum Gasteiger partial charge on any atom is -0.489 e. The molecule has 2 unspecified atom stereocenters. The van der Waals surface area contributed by atoms with Crippen LogP contribution in [0.4, 0.5) is 0 Å². The van der Waals surface area contributed by atoms with Crippen molar-refractivity contribution in [3.8, 4) is 5.75 Å². The van der Waals surface area contributed by atoms with Gasteiger partial charge in [-0.25, -0.2) is 0 Å². The molecule has 0 aromatic heterocycles. The first-order chi connectivity index (χ1) is 12.5. The quantitative estimate of drug-likeness (QED) is 0.328. The molecule has 0 amide bonds. The Bertz CT molecular complexity index is 583. The van der Waals surface area contributed by atoms with E-state index in [-0.39, 0.29) is 30.1 Å². The molecule has 1 N–H and O–H groups in total. The number of nitrogens with one attached hydrogen (secondary N) is 1. The van der Waals surface area contributed by atoms with Crippen molar-refractivity contribution in [3.05, 3.63) is 29.3 Å². The molecule has 0 radical (unpaired) electrons. The third-order valence-electron chi connectivity index (χ3n) is 4.89. The molecule has 1 aromatic rings. The summed E-state index contributed by atoms with van der Waals surface area (Å²) >= 11 is 6.01. The molecular weight excluding hydrogens is 475 g/mol. The summed E-state index contributed by atoms with van der Waals surface area (Å²) < 4.78 is 5.93. The molecule has 2 atom stereocenters. The SMILES string of the molecule is CCN(CC)CC1CCN(C(=NC)NCC(C)Oc2cccc(Cl)c2)C1.I. The summed E-state index contributed by atoms with van der Waals surface area (Å²) in [4.78, 5) is 9.32. The zero-order valence-electron chi connectivity index (χ0n) is 16.9. The van der Waals surface area contributed by atoms with Gasteiger partial charge in [0.2, 0.25) is 0 Å². The first kappa shape index (κ1) is 24.3. The van der Waals surface area contributed by atoms with E-state index in [1.807, 2.05) is 38.2 Å². The lowest BCUT2D eigenvalue weighted by molar-refractivity contribution is 0.222. The molecule has 1 aromatic carbocycles. The largest absolute Gasteiger partial charge is 0.489 e. The van der Waals surface area contributed by atoms with Gasteiger partial charge >= 0.3 is 0 Å². The van der Waals surface area contributed by atoms with Crippen LogP contribution in [-0.2, 0) is 0 Å². The summed E-state index contributed by atoms with van der Waals surface area (Å²) in [6.45, 7) is 12.8. The molecule has 154 valence electrons. The lowest BCUT2D eigenvalue weighted by atomic mass is 10.1. The maximum absolute atomic E-state index is 6.01. The minimum absolute atomic E-state index is 0. The highest BCUT2D eigenvalue weighted by molar-refractivity contribution is 14.0. The summed E-state index contributed by atoms with van der Waals surface area (Å²) in [6.07, 6.45) is 1.26. The van der Waals surface area contributed by atoms with Crippen LogP contribution in [-0.4, -0.2) is 68.2 Å². The number of benzene rings is 1. The number of likely N-dealkylation sites (tertiary alicyclic amines) is 1. The number of rotatable bonds is 8. The number of hydrogen-bond donors (Lipinski definition) is 1. The Morgan fingerprint density at radius 2 is 2.15 bits per heavy atom. The Morgan fingerprint density at radius 1 is 1.41 bits per heavy atom. The monoisotopic (exact) mass is 508 g/mol. The molecule has 2 rings (SSSR count). The van der Waals surface area contributed by atoms with Crippen LogP contribution in [0.3, 0.4) is 0 Å². The van der Waals surface area contributed by atoms with Gasteiger partial charge in [-0.05, 0) is 50.6 Å². The average molecular weight is 509 g/mol. The van der Waals surface area contributed by atoms with Gasteiger partial charge < -0.3 is 19.9 Å². The Kier molecular flexibility index (Phi) is 11.4. The fourth-order valence-electron chi connectivity index (χ4n) is 3.40. The fraction of sp³-hybridized carbons (Fsp3) is 0.650. The van der Waals surface area contributed by atoms with Gasteiger partial charge in [0, 0.05) is 31.7 Å². The van der Waals surface area contributed by atoms with Crippen molar-refractivity contribution in [2.24, 2.45) is 10.9 Å². The van der Waals surface area contributed by atoms with Crippen molar-refractivity contribution in [2.45, 2.75) is 33.3 Å². The third kappa shape index (κ3) is 8.03. The Morgan fingerprint density at radius 3 is 2.78 bits per heavy atom. The van der Waals surface area contributed by atoms with E-state index < -0.39 is 0 Å². The summed E-state index contributed by atoms with van der Waals surface area (Å²) in [6, 6.07) is 7.51. The molecule has 1 heterocycles. The van der Waals surface area contributed by atoms with Gasteiger partial charge in [-0.1, -0.05) is 31.5 Å². The number of hydrogen-bond acceptors (Lipinski definition) is 3. The highest BCUT2D eigenvalue weighted by Gasteiger charge is 2.26. The van der Waals surface area contributed by atoms with E-state index in [9.17, 15) is 0 Å². The van der Waals surface area contributed by atoms with Crippen LogP contribution in [0.15, 0.2) is 29.3 Å². The topological polar surface area (TPSA) is 40.1 Å². The van der Waals surface area contributed by atoms with E-state index >= 15 is 0 Å². The average Bonchev–Trinajstić information content (AvgIpc) is 3.08. The molecule has 5 nitrogen and oxygen atoms in total. The van der Waals surface area contributed by atoms with Gasteiger partial charge in [0.15, 0.2) is 5.96 Å². The van der Waals surface area contributed by atoms with E-state index in [0.29, 0.717) is 17.5 Å². The van der Waals surface area contributed by atoms with Crippen LogP contribution < -0.4 is 10.1 Å². The summed E-state index contributed by atoms with van der Waals surface area (Å²) in [5.74, 6) is 2.48. The zero-order valence-corrected chi connectivity index (χ0v) is 20.0. The van der Waals surface area contributed by atoms with Crippen LogP contribution in [0, 0.1) is 5.92 Å². The Balaban J connectivity index is 0.00000364. The van der Waals surface area contributed by atoms with Crippen LogP contribution >= 0.6 is 35.6 Å². The zero-order chi connectivity index (χ0) is 18.9. The second-order valence-electron chi connectivity index (χ2n) is 6.90. The number of guanidine groups is 1. The Labute approximate surface area is 186 Å². The van der Waals surface area contributed by atoms with Crippen molar-refractivity contribution in [2.75, 3.05) is 46.3 Å². The predicted octanol–water partition coefficient (Wildman–Crippen LogP) is 3.96. The van der Waals surface area contributed by atoms with Crippen molar-refractivity contribution < 1.29 is 4.74 Å². The molecule has 0 saturated carbocycles. The van der Waals surface area contributed by atoms with Gasteiger partial charge in [0.25, 0.3) is 0 Å². The summed E-state index contributed by atoms with van der Waals surface area (Å²) in [7, 11) is 1.85. The van der Waals surface area contributed by atoms with E-state index in [1.165, 1.54) is 13.0 Å². The summed E-state index contributed by atoms with van der Waals surface area (Å²) in [5, 5.41) is 4.14. The van der Waals surface area contributed by atoms with Crippen molar-refractivity contribution in [1.29, 1.82) is 0 Å². The molecule has 0 spiro atoms. The highest BCUT2D eigenvalue weighted by atomic mass is 127. The van der Waals surface area contributed by atoms with Crippen molar-refractivity contribution >= 4 is 41.5 Å². The molecule has 1 saturated heterocycles. The van der Waals surface area contributed by atoms with Gasteiger partial charge in [0.05, 0.1) is 6.54 Å². The predicted molar refractivity (Wildman–Crippen MR) is 126 cm³/mol. The van der Waals surface area contributed by atoms with Gasteiger partial charge in [-0.3, -0.25) is 4.99 Å². The maximum Gasteiger partial charge on any atom is 0.193 e. The van der Waals surface area contributed by atoms with Gasteiger partial charge in [0.1, 0.15) is 11.9 Å². The number of halogens is 2. The van der Waals surface area contributed by atoms with E-state index in [0.717, 1.165) is 37.9 Å².